The summed E-state index contributed by atoms with van der Waals surface area (Å²) in [5.74, 6) is -6.48. The maximum Gasteiger partial charge on any atom is 0.344 e. The zero-order chi connectivity index (χ0) is 24.4. The Kier molecular flexibility index (Phi) is 9.11. The van der Waals surface area contributed by atoms with Crippen molar-refractivity contribution >= 4 is 23.8 Å². The van der Waals surface area contributed by atoms with Gasteiger partial charge in [0, 0.05) is 0 Å². The number of ether oxygens (including phenoxy) is 1. The van der Waals surface area contributed by atoms with E-state index in [-0.39, 0.29) is 25.9 Å². The van der Waals surface area contributed by atoms with E-state index in [9.17, 15) is 29.4 Å². The molecule has 2 rings (SSSR count). The highest BCUT2D eigenvalue weighted by Gasteiger charge is 2.50. The molecule has 33 heavy (non-hydrogen) atoms. The molecule has 9 nitrogen and oxygen atoms in total. The standard InChI is InChI=1S/C24H28N2O7/c1-2-13-24(22(30)31,23(32)33-15-17-11-7-4-8-12-17)26-20(27)19(25)18(21(28)29)14-16-9-5-3-6-10-16/h3-12,18-19H,2,13-15,25H2,1H3,(H,26,27)(H,28,29)(H,30,31)/t18?,19-,24?/m0/s1. The number of carbonyl (C=O) groups is 4. The second-order valence-corrected chi connectivity index (χ2v) is 7.67. The lowest BCUT2D eigenvalue weighted by Gasteiger charge is -2.30. The van der Waals surface area contributed by atoms with Gasteiger partial charge in [-0.2, -0.15) is 0 Å². The zero-order valence-corrected chi connectivity index (χ0v) is 18.3. The Bertz CT molecular complexity index is 965. The molecule has 0 spiro atoms. The fraction of sp³-hybridized carbons (Fsp3) is 0.333. The number of carboxylic acids is 2. The van der Waals surface area contributed by atoms with Crippen LogP contribution in [0.2, 0.25) is 0 Å². The number of aliphatic carboxylic acids is 2. The lowest BCUT2D eigenvalue weighted by atomic mass is 9.89. The van der Waals surface area contributed by atoms with Crippen LogP contribution in [0.1, 0.15) is 30.9 Å². The zero-order valence-electron chi connectivity index (χ0n) is 18.3. The molecule has 2 unspecified atom stereocenters. The Morgan fingerprint density at radius 3 is 2.00 bits per heavy atom. The van der Waals surface area contributed by atoms with Crippen molar-refractivity contribution in [3.05, 3.63) is 71.8 Å². The molecule has 1 amide bonds. The summed E-state index contributed by atoms with van der Waals surface area (Å²) < 4.78 is 5.20. The molecule has 0 bridgehead atoms. The highest BCUT2D eigenvalue weighted by molar-refractivity contribution is 6.07. The van der Waals surface area contributed by atoms with E-state index in [0.717, 1.165) is 0 Å². The van der Waals surface area contributed by atoms with Crippen LogP contribution in [0.15, 0.2) is 60.7 Å². The number of esters is 1. The van der Waals surface area contributed by atoms with Crippen molar-refractivity contribution in [2.24, 2.45) is 11.7 Å². The van der Waals surface area contributed by atoms with Crippen molar-refractivity contribution in [1.82, 2.24) is 5.32 Å². The minimum atomic E-state index is -2.39. The Morgan fingerprint density at radius 2 is 1.52 bits per heavy atom. The van der Waals surface area contributed by atoms with Gasteiger partial charge in [0.1, 0.15) is 6.61 Å². The molecular formula is C24H28N2O7. The summed E-state index contributed by atoms with van der Waals surface area (Å²) in [6.07, 6.45) is -0.0729. The van der Waals surface area contributed by atoms with Crippen LogP contribution >= 0.6 is 0 Å². The topological polar surface area (TPSA) is 156 Å². The average molecular weight is 456 g/mol. The highest BCUT2D eigenvalue weighted by atomic mass is 16.5. The summed E-state index contributed by atoms with van der Waals surface area (Å²) in [5.41, 5.74) is 4.83. The van der Waals surface area contributed by atoms with E-state index >= 15 is 0 Å². The van der Waals surface area contributed by atoms with Gasteiger partial charge in [0.15, 0.2) is 0 Å². The number of hydrogen-bond donors (Lipinski definition) is 4. The Balaban J connectivity index is 2.22. The Morgan fingerprint density at radius 1 is 0.970 bits per heavy atom. The van der Waals surface area contributed by atoms with Crippen molar-refractivity contribution in [1.29, 1.82) is 0 Å². The molecule has 3 atom stereocenters. The molecule has 0 saturated carbocycles. The minimum Gasteiger partial charge on any atom is -0.481 e. The molecule has 2 aromatic rings. The summed E-state index contributed by atoms with van der Waals surface area (Å²) in [6.45, 7) is 1.45. The predicted molar refractivity (Wildman–Crippen MR) is 119 cm³/mol. The van der Waals surface area contributed by atoms with E-state index < -0.39 is 41.3 Å². The predicted octanol–water partition coefficient (Wildman–Crippen LogP) is 1.74. The van der Waals surface area contributed by atoms with Crippen LogP contribution in [0.3, 0.4) is 0 Å². The van der Waals surface area contributed by atoms with E-state index in [2.05, 4.69) is 5.32 Å². The average Bonchev–Trinajstić information content (AvgIpc) is 2.81. The lowest BCUT2D eigenvalue weighted by Crippen LogP contribution is -2.64. The Labute approximate surface area is 191 Å². The number of nitrogens with two attached hydrogens (primary N) is 1. The third-order valence-corrected chi connectivity index (χ3v) is 5.24. The third kappa shape index (κ3) is 6.63. The Hall–Kier alpha value is -3.72. The molecule has 0 aliphatic heterocycles. The molecule has 0 aliphatic carbocycles. The maximum absolute atomic E-state index is 12.9. The van der Waals surface area contributed by atoms with Gasteiger partial charge in [0.25, 0.3) is 0 Å². The van der Waals surface area contributed by atoms with Crippen molar-refractivity contribution < 1.29 is 34.1 Å². The van der Waals surface area contributed by atoms with E-state index in [4.69, 9.17) is 10.5 Å². The number of benzene rings is 2. The van der Waals surface area contributed by atoms with Gasteiger partial charge in [0.05, 0.1) is 12.0 Å². The van der Waals surface area contributed by atoms with Crippen LogP contribution in [0.4, 0.5) is 0 Å². The smallest absolute Gasteiger partial charge is 0.344 e. The first-order valence-corrected chi connectivity index (χ1v) is 10.5. The monoisotopic (exact) mass is 456 g/mol. The van der Waals surface area contributed by atoms with Gasteiger partial charge in [-0.15, -0.1) is 0 Å². The molecule has 176 valence electrons. The number of carbonyl (C=O) groups excluding carboxylic acids is 2. The van der Waals surface area contributed by atoms with Gasteiger partial charge in [0.2, 0.25) is 11.4 Å². The summed E-state index contributed by atoms with van der Waals surface area (Å²) in [5, 5.41) is 21.7. The van der Waals surface area contributed by atoms with E-state index in [0.29, 0.717) is 11.1 Å². The number of amides is 1. The van der Waals surface area contributed by atoms with E-state index in [1.165, 1.54) is 0 Å². The van der Waals surface area contributed by atoms with E-state index in [1.807, 2.05) is 0 Å². The van der Waals surface area contributed by atoms with Crippen molar-refractivity contribution in [3.63, 3.8) is 0 Å². The van der Waals surface area contributed by atoms with Gasteiger partial charge in [-0.25, -0.2) is 9.59 Å². The van der Waals surface area contributed by atoms with Gasteiger partial charge in [-0.3, -0.25) is 9.59 Å². The largest absolute Gasteiger partial charge is 0.481 e. The first-order chi connectivity index (χ1) is 15.7. The van der Waals surface area contributed by atoms with Crippen LogP contribution in [0.25, 0.3) is 0 Å². The number of carboxylic acid groups (broad SMARTS) is 2. The van der Waals surface area contributed by atoms with Gasteiger partial charge < -0.3 is 26.0 Å². The molecule has 9 heteroatoms. The second-order valence-electron chi connectivity index (χ2n) is 7.67. The molecule has 0 saturated heterocycles. The molecule has 0 aliphatic rings. The summed E-state index contributed by atoms with van der Waals surface area (Å²) in [6, 6.07) is 15.6. The molecule has 5 N–H and O–H groups in total. The van der Waals surface area contributed by atoms with Crippen molar-refractivity contribution in [2.75, 3.05) is 0 Å². The fourth-order valence-electron chi connectivity index (χ4n) is 3.40. The highest BCUT2D eigenvalue weighted by Crippen LogP contribution is 2.20. The quantitative estimate of drug-likeness (QED) is 0.278. The summed E-state index contributed by atoms with van der Waals surface area (Å²) >= 11 is 0. The van der Waals surface area contributed by atoms with Crippen LogP contribution in [0.5, 0.6) is 0 Å². The SMILES string of the molecule is CCCC(NC(=O)[C@@H](N)C(Cc1ccccc1)C(=O)O)(C(=O)O)C(=O)OCc1ccccc1. The van der Waals surface area contributed by atoms with E-state index in [1.54, 1.807) is 67.6 Å². The van der Waals surface area contributed by atoms with Crippen LogP contribution in [-0.2, 0) is 36.9 Å². The minimum absolute atomic E-state index is 0.0446. The number of rotatable bonds is 12. The molecular weight excluding hydrogens is 428 g/mol. The van der Waals surface area contributed by atoms with Crippen molar-refractivity contribution in [2.45, 2.75) is 44.4 Å². The van der Waals surface area contributed by atoms with Crippen molar-refractivity contribution in [3.8, 4) is 0 Å². The molecule has 0 radical (unpaired) electrons. The van der Waals surface area contributed by atoms with Crippen LogP contribution in [-0.4, -0.2) is 45.6 Å². The second kappa shape index (κ2) is 11.8. The van der Waals surface area contributed by atoms with Crippen LogP contribution in [0, 0.1) is 5.92 Å². The number of nitrogens with one attached hydrogen (secondary N) is 1. The molecule has 0 fully saturated rings. The lowest BCUT2D eigenvalue weighted by molar-refractivity contribution is -0.167. The first kappa shape index (κ1) is 25.5. The van der Waals surface area contributed by atoms with Crippen LogP contribution < -0.4 is 11.1 Å². The summed E-state index contributed by atoms with van der Waals surface area (Å²) in [4.78, 5) is 49.7. The molecule has 0 heterocycles. The van der Waals surface area contributed by atoms with Gasteiger partial charge in [-0.05, 0) is 24.0 Å². The maximum atomic E-state index is 12.9. The molecule has 0 aromatic heterocycles. The fourth-order valence-corrected chi connectivity index (χ4v) is 3.40. The summed E-state index contributed by atoms with van der Waals surface area (Å²) in [7, 11) is 0. The molecule has 2 aromatic carbocycles. The van der Waals surface area contributed by atoms with Gasteiger partial charge >= 0.3 is 17.9 Å². The number of hydrogen-bond acceptors (Lipinski definition) is 6. The van der Waals surface area contributed by atoms with Gasteiger partial charge in [-0.1, -0.05) is 74.0 Å². The first-order valence-electron chi connectivity index (χ1n) is 10.5. The third-order valence-electron chi connectivity index (χ3n) is 5.24. The normalized spacial score (nSPS) is 14.4.